The van der Waals surface area contributed by atoms with E-state index in [2.05, 4.69) is 10.4 Å². The molecule has 0 fully saturated rings. The second kappa shape index (κ2) is 6.26. The van der Waals surface area contributed by atoms with Gasteiger partial charge >= 0.3 is 11.7 Å². The number of hydrogen-bond acceptors (Lipinski definition) is 6. The first-order chi connectivity index (χ1) is 9.29. The number of carbonyl (C=O) groups excluding carboxylic acids is 2. The number of carboxylic acids is 1. The number of nitrogens with two attached hydrogens (primary N) is 1. The summed E-state index contributed by atoms with van der Waals surface area (Å²) in [5, 5.41) is 24.8. The van der Waals surface area contributed by atoms with E-state index in [1.54, 1.807) is 0 Å². The minimum absolute atomic E-state index is 0.301. The van der Waals surface area contributed by atoms with Crippen molar-refractivity contribution in [2.45, 2.75) is 19.0 Å². The first-order valence-electron chi connectivity index (χ1n) is 5.27. The Morgan fingerprint density at radius 3 is 2.65 bits per heavy atom. The number of nitro groups is 1. The zero-order valence-electron chi connectivity index (χ0n) is 10.1. The van der Waals surface area contributed by atoms with Crippen molar-refractivity contribution in [1.82, 2.24) is 15.1 Å². The number of carbonyl (C=O) groups is 3. The van der Waals surface area contributed by atoms with Gasteiger partial charge in [0.2, 0.25) is 11.8 Å². The molecule has 1 rings (SSSR count). The van der Waals surface area contributed by atoms with Crippen LogP contribution in [0, 0.1) is 10.1 Å². The van der Waals surface area contributed by atoms with E-state index in [1.165, 1.54) is 0 Å². The molecule has 11 heteroatoms. The zero-order chi connectivity index (χ0) is 15.3. The number of aliphatic carboxylic acids is 1. The fourth-order valence-corrected chi connectivity index (χ4v) is 1.32. The van der Waals surface area contributed by atoms with Crippen LogP contribution in [0.15, 0.2) is 12.4 Å². The van der Waals surface area contributed by atoms with Crippen molar-refractivity contribution < 1.29 is 24.4 Å². The van der Waals surface area contributed by atoms with Gasteiger partial charge in [0.05, 0.1) is 11.3 Å². The highest BCUT2D eigenvalue weighted by Crippen LogP contribution is 2.07. The Morgan fingerprint density at radius 2 is 2.20 bits per heavy atom. The number of carboxylic acid groups (broad SMARTS) is 1. The number of amides is 2. The van der Waals surface area contributed by atoms with Crippen molar-refractivity contribution in [1.29, 1.82) is 0 Å². The molecule has 0 bridgehead atoms. The van der Waals surface area contributed by atoms with Gasteiger partial charge in [-0.15, -0.1) is 0 Å². The largest absolute Gasteiger partial charge is 0.480 e. The standard InChI is InChI=1S/C9H11N5O6/c10-7(15)1-6(9(17)18)12-8(16)4-13-3-5(2-11-13)14(19)20/h2-3,6H,1,4H2,(H2,10,15)(H,12,16)(H,17,18)/t6-/m0/s1. The van der Waals surface area contributed by atoms with Crippen molar-refractivity contribution >= 4 is 23.5 Å². The van der Waals surface area contributed by atoms with E-state index >= 15 is 0 Å². The van der Waals surface area contributed by atoms with Gasteiger partial charge in [-0.05, 0) is 0 Å². The minimum atomic E-state index is -1.45. The van der Waals surface area contributed by atoms with E-state index in [4.69, 9.17) is 10.8 Å². The van der Waals surface area contributed by atoms with Crippen LogP contribution in [0.4, 0.5) is 5.69 Å². The molecular weight excluding hydrogens is 274 g/mol. The molecule has 0 radical (unpaired) electrons. The Labute approximate surface area is 111 Å². The van der Waals surface area contributed by atoms with Gasteiger partial charge in [0, 0.05) is 0 Å². The Morgan fingerprint density at radius 1 is 1.55 bits per heavy atom. The average molecular weight is 285 g/mol. The van der Waals surface area contributed by atoms with E-state index in [-0.39, 0.29) is 5.69 Å². The molecule has 2 amide bonds. The number of nitrogens with zero attached hydrogens (tertiary/aromatic N) is 3. The van der Waals surface area contributed by atoms with E-state index in [0.717, 1.165) is 17.1 Å². The maximum Gasteiger partial charge on any atom is 0.326 e. The highest BCUT2D eigenvalue weighted by atomic mass is 16.6. The molecule has 1 aromatic rings. The number of hydrogen-bond donors (Lipinski definition) is 3. The highest BCUT2D eigenvalue weighted by molar-refractivity contribution is 5.88. The van der Waals surface area contributed by atoms with Gasteiger partial charge in [-0.3, -0.25) is 24.4 Å². The molecule has 0 saturated heterocycles. The molecule has 0 aliphatic heterocycles. The van der Waals surface area contributed by atoms with E-state index < -0.39 is 41.7 Å². The van der Waals surface area contributed by atoms with Gasteiger partial charge in [-0.2, -0.15) is 5.10 Å². The highest BCUT2D eigenvalue weighted by Gasteiger charge is 2.22. The van der Waals surface area contributed by atoms with Gasteiger partial charge in [0.1, 0.15) is 25.0 Å². The lowest BCUT2D eigenvalue weighted by atomic mass is 10.2. The second-order valence-electron chi connectivity index (χ2n) is 3.78. The molecular formula is C9H11N5O6. The molecule has 1 heterocycles. The fraction of sp³-hybridized carbons (Fsp3) is 0.333. The predicted molar refractivity (Wildman–Crippen MR) is 62.3 cm³/mol. The topological polar surface area (TPSA) is 170 Å². The summed E-state index contributed by atoms with van der Waals surface area (Å²) in [6.07, 6.45) is 1.41. The Balaban J connectivity index is 2.62. The van der Waals surface area contributed by atoms with Crippen LogP contribution in [-0.2, 0) is 20.9 Å². The molecule has 0 saturated carbocycles. The normalized spacial score (nSPS) is 11.6. The third-order valence-corrected chi connectivity index (χ3v) is 2.17. The van der Waals surface area contributed by atoms with Crippen molar-refractivity contribution in [2.75, 3.05) is 0 Å². The summed E-state index contributed by atoms with van der Waals surface area (Å²) in [7, 11) is 0. The summed E-state index contributed by atoms with van der Waals surface area (Å²) in [5.74, 6) is -3.06. The summed E-state index contributed by atoms with van der Waals surface area (Å²) in [5.41, 5.74) is 4.55. The monoisotopic (exact) mass is 285 g/mol. The molecule has 0 spiro atoms. The molecule has 108 valence electrons. The average Bonchev–Trinajstić information content (AvgIpc) is 2.75. The molecule has 1 aromatic heterocycles. The lowest BCUT2D eigenvalue weighted by Crippen LogP contribution is -2.44. The van der Waals surface area contributed by atoms with Crippen LogP contribution in [-0.4, -0.2) is 43.6 Å². The molecule has 0 unspecified atom stereocenters. The maximum absolute atomic E-state index is 11.5. The van der Waals surface area contributed by atoms with Gasteiger partial charge < -0.3 is 16.2 Å². The Bertz CT molecular complexity index is 553. The molecule has 11 nitrogen and oxygen atoms in total. The number of rotatable bonds is 7. The first-order valence-corrected chi connectivity index (χ1v) is 5.27. The Kier molecular flexibility index (Phi) is 4.72. The van der Waals surface area contributed by atoms with Crippen LogP contribution in [0.25, 0.3) is 0 Å². The summed E-state index contributed by atoms with van der Waals surface area (Å²) in [6, 6.07) is -1.45. The van der Waals surface area contributed by atoms with Crippen molar-refractivity contribution in [3.63, 3.8) is 0 Å². The first kappa shape index (κ1) is 15.1. The molecule has 0 aliphatic rings. The van der Waals surface area contributed by atoms with Crippen LogP contribution in [0.5, 0.6) is 0 Å². The number of nitrogens with one attached hydrogen (secondary N) is 1. The van der Waals surface area contributed by atoms with E-state index in [9.17, 15) is 24.5 Å². The van der Waals surface area contributed by atoms with Crippen LogP contribution in [0.2, 0.25) is 0 Å². The predicted octanol–water partition coefficient (Wildman–Crippen LogP) is -1.76. The quantitative estimate of drug-likeness (QED) is 0.393. The zero-order valence-corrected chi connectivity index (χ0v) is 10.1. The van der Waals surface area contributed by atoms with Gasteiger partial charge in [-0.1, -0.05) is 0 Å². The van der Waals surface area contributed by atoms with Crippen LogP contribution >= 0.6 is 0 Å². The van der Waals surface area contributed by atoms with Crippen molar-refractivity contribution in [2.24, 2.45) is 5.73 Å². The van der Waals surface area contributed by atoms with Gasteiger partial charge in [0.25, 0.3) is 0 Å². The maximum atomic E-state index is 11.5. The summed E-state index contributed by atoms with van der Waals surface area (Å²) in [6.45, 7) is -0.420. The van der Waals surface area contributed by atoms with E-state index in [1.807, 2.05) is 0 Å². The molecule has 0 aliphatic carbocycles. The van der Waals surface area contributed by atoms with Crippen LogP contribution in [0.1, 0.15) is 6.42 Å². The summed E-state index contributed by atoms with van der Waals surface area (Å²) in [4.78, 5) is 42.7. The van der Waals surface area contributed by atoms with Gasteiger partial charge in [-0.25, -0.2) is 4.79 Å². The third-order valence-electron chi connectivity index (χ3n) is 2.17. The minimum Gasteiger partial charge on any atom is -0.480 e. The molecule has 4 N–H and O–H groups in total. The fourth-order valence-electron chi connectivity index (χ4n) is 1.32. The third kappa shape index (κ3) is 4.36. The van der Waals surface area contributed by atoms with Crippen molar-refractivity contribution in [3.05, 3.63) is 22.5 Å². The second-order valence-corrected chi connectivity index (χ2v) is 3.78. The number of primary amides is 1. The SMILES string of the molecule is NC(=O)C[C@H](NC(=O)Cn1cc([N+](=O)[O-])cn1)C(=O)O. The lowest BCUT2D eigenvalue weighted by molar-refractivity contribution is -0.385. The number of aromatic nitrogens is 2. The van der Waals surface area contributed by atoms with Crippen LogP contribution < -0.4 is 11.1 Å². The van der Waals surface area contributed by atoms with Gasteiger partial charge in [0.15, 0.2) is 0 Å². The van der Waals surface area contributed by atoms with Crippen LogP contribution in [0.3, 0.4) is 0 Å². The Hall–Kier alpha value is -2.98. The summed E-state index contributed by atoms with van der Waals surface area (Å²) >= 11 is 0. The molecule has 20 heavy (non-hydrogen) atoms. The molecule has 1 atom stereocenters. The van der Waals surface area contributed by atoms with Crippen molar-refractivity contribution in [3.8, 4) is 0 Å². The smallest absolute Gasteiger partial charge is 0.326 e. The molecule has 0 aromatic carbocycles. The summed E-state index contributed by atoms with van der Waals surface area (Å²) < 4.78 is 0.969. The van der Waals surface area contributed by atoms with E-state index in [0.29, 0.717) is 0 Å². The lowest BCUT2D eigenvalue weighted by Gasteiger charge is -2.12.